The van der Waals surface area contributed by atoms with Gasteiger partial charge in [-0.2, -0.15) is 0 Å². The molecular weight excluding hydrogens is 1090 g/mol. The number of aromatic amines is 2. The van der Waals surface area contributed by atoms with Crippen molar-refractivity contribution in [3.05, 3.63) is 203 Å². The van der Waals surface area contributed by atoms with Crippen LogP contribution in [0.3, 0.4) is 0 Å². The average Bonchev–Trinajstić information content (AvgIpc) is 4.26. The molecule has 0 saturated carbocycles. The molecule has 16 bridgehead atoms. The number of allylic oxidation sites excluding steroid dienone is 8. The molecule has 0 radical (unpaired) electrons. The van der Waals surface area contributed by atoms with Crippen molar-refractivity contribution in [1.29, 1.82) is 0 Å². The van der Waals surface area contributed by atoms with Crippen molar-refractivity contribution in [2.75, 3.05) is 0 Å². The Hall–Kier alpha value is -6.74. The Morgan fingerprint density at radius 3 is 1.28 bits per heavy atom. The van der Waals surface area contributed by atoms with Crippen LogP contribution in [0.5, 0.6) is 0 Å². The Balaban J connectivity index is 1.15. The average molecular weight is 1150 g/mol. The number of halogens is 2. The van der Waals surface area contributed by atoms with Gasteiger partial charge in [0.25, 0.3) is 0 Å². The van der Waals surface area contributed by atoms with Gasteiger partial charge in [0.2, 0.25) is 0 Å². The molecule has 78 heavy (non-hydrogen) atoms. The third-order valence-corrected chi connectivity index (χ3v) is 19.9. The van der Waals surface area contributed by atoms with Gasteiger partial charge in [-0.1, -0.05) is 100 Å². The maximum Gasteiger partial charge on any atom is 0.197 e. The Bertz CT molecular complexity index is 4360. The molecule has 3 aliphatic carbocycles. The number of ketones is 2. The van der Waals surface area contributed by atoms with Gasteiger partial charge in [0.05, 0.1) is 42.8 Å². The van der Waals surface area contributed by atoms with Crippen LogP contribution in [-0.4, -0.2) is 31.5 Å². The second-order valence-electron chi connectivity index (χ2n) is 22.3. The molecule has 6 aliphatic heterocycles. The summed E-state index contributed by atoms with van der Waals surface area (Å²) in [6, 6.07) is 32.2. The summed E-state index contributed by atoms with van der Waals surface area (Å²) in [5.41, 5.74) is 26.7. The van der Waals surface area contributed by atoms with E-state index in [4.69, 9.17) is 9.97 Å². The molecule has 0 unspecified atom stereocenters. The summed E-state index contributed by atoms with van der Waals surface area (Å²) >= 11 is 7.26. The Morgan fingerprint density at radius 2 is 0.885 bits per heavy atom. The first-order chi connectivity index (χ1) is 37.8. The fraction of sp³-hybridized carbons (Fsp3) is 0.286. The number of Topliss-reactive ketones (excluding diaryl/α,β-unsaturated/α-hetero) is 2. The number of carbonyl (C=O) groups excluding carboxylic acids is 2. The molecule has 3 aromatic heterocycles. The van der Waals surface area contributed by atoms with Crippen LogP contribution >= 0.6 is 31.9 Å². The fourth-order valence-electron chi connectivity index (χ4n) is 14.1. The van der Waals surface area contributed by atoms with E-state index in [-0.39, 0.29) is 11.6 Å². The number of aryl methyl sites for hydroxylation is 6. The van der Waals surface area contributed by atoms with Crippen LogP contribution in [-0.2, 0) is 35.3 Å². The van der Waals surface area contributed by atoms with Crippen LogP contribution in [0.15, 0.2) is 105 Å². The summed E-state index contributed by atoms with van der Waals surface area (Å²) in [6.07, 6.45) is 9.55. The molecule has 0 spiro atoms. The van der Waals surface area contributed by atoms with E-state index in [1.165, 1.54) is 109 Å². The molecule has 8 heteroatoms. The first-order valence-corrected chi connectivity index (χ1v) is 30.0. The molecule has 16 rings (SSSR count). The predicted octanol–water partition coefficient (Wildman–Crippen LogP) is 17.7. The van der Waals surface area contributed by atoms with Gasteiger partial charge >= 0.3 is 0 Å². The van der Waals surface area contributed by atoms with E-state index < -0.39 is 0 Å². The zero-order valence-corrected chi connectivity index (χ0v) is 49.2. The van der Waals surface area contributed by atoms with E-state index in [2.05, 4.69) is 182 Å². The molecule has 9 aliphatic rings. The molecular formula is C70H64Br2N4O2. The van der Waals surface area contributed by atoms with Gasteiger partial charge in [0.15, 0.2) is 11.6 Å². The van der Waals surface area contributed by atoms with Gasteiger partial charge in [-0.3, -0.25) is 9.59 Å². The number of hydrogen-bond acceptors (Lipinski definition) is 4. The van der Waals surface area contributed by atoms with E-state index >= 15 is 0 Å². The maximum absolute atomic E-state index is 14.0. The Morgan fingerprint density at radius 1 is 0.474 bits per heavy atom. The zero-order chi connectivity index (χ0) is 54.0. The number of benzene rings is 4. The van der Waals surface area contributed by atoms with Gasteiger partial charge in [-0.05, 0) is 257 Å². The first-order valence-electron chi connectivity index (χ1n) is 28.5. The van der Waals surface area contributed by atoms with E-state index in [0.717, 1.165) is 120 Å². The second kappa shape index (κ2) is 19.6. The van der Waals surface area contributed by atoms with Gasteiger partial charge < -0.3 is 9.97 Å². The lowest BCUT2D eigenvalue weighted by atomic mass is 9.88. The van der Waals surface area contributed by atoms with Crippen LogP contribution in [0.25, 0.3) is 66.6 Å². The number of aromatic nitrogens is 4. The number of rotatable bonds is 4. The Labute approximate surface area is 471 Å². The van der Waals surface area contributed by atoms with Crippen LogP contribution in [0.1, 0.15) is 149 Å². The van der Waals surface area contributed by atoms with Crippen molar-refractivity contribution in [2.24, 2.45) is 0 Å². The summed E-state index contributed by atoms with van der Waals surface area (Å²) < 4.78 is 0.846. The lowest BCUT2D eigenvalue weighted by Crippen LogP contribution is -2.20. The predicted molar refractivity (Wildman–Crippen MR) is 326 cm³/mol. The van der Waals surface area contributed by atoms with Crippen LogP contribution in [0.2, 0.25) is 0 Å². The lowest BCUT2D eigenvalue weighted by molar-refractivity contribution is -0.115. The van der Waals surface area contributed by atoms with Gasteiger partial charge in [0.1, 0.15) is 0 Å². The van der Waals surface area contributed by atoms with Crippen LogP contribution in [0.4, 0.5) is 0 Å². The molecule has 4 aromatic carbocycles. The van der Waals surface area contributed by atoms with E-state index in [0.29, 0.717) is 33.0 Å². The standard InChI is InChI=1S/C70H64Br2N4O2/c1-9-41-35(5)65-61-49-25-17-23-47-45-29-27-39(31-53(45)59(47)49)19-13-15-21-51-63(71)70(78)52(64(72)69(51)77)22-16-14-20-40-28-30-46-48-24-18-26-50(60(48)54(46)32-40)62(67-36(6)42(10-2)56(74-67)33-55(41)73-65)68-38(8)44(12-4)58(76-68)34-57-43(11-3)37(7)66(61)75-57/h17-18,23-34,73,76H,9-16,19-22H2,1-8H3. The van der Waals surface area contributed by atoms with Crippen molar-refractivity contribution in [3.63, 3.8) is 0 Å². The summed E-state index contributed by atoms with van der Waals surface area (Å²) in [5, 5.41) is 10.1. The minimum absolute atomic E-state index is 0.0718. The van der Waals surface area contributed by atoms with Crippen molar-refractivity contribution in [1.82, 2.24) is 19.9 Å². The highest BCUT2D eigenvalue weighted by molar-refractivity contribution is 9.12. The second-order valence-corrected chi connectivity index (χ2v) is 23.8. The SMILES string of the molecule is CCC1=C(C)c2nc1cc1[nH]c(c(C)c1CC)c1c3nc(cc4[nH]c(c(C)c4CC)c2-c2cccc4c2=c2cc(ccc2=4)CCCCC2=C(Br)C(=O)C(=C(Br)C2=O)CCCCc2ccc4c(c2)=c2c-1cccc2=4)C(CC)=C3C. The van der Waals surface area contributed by atoms with Crippen LogP contribution < -0.4 is 0 Å². The molecule has 0 fully saturated rings. The fourth-order valence-corrected chi connectivity index (χ4v) is 15.3. The van der Waals surface area contributed by atoms with E-state index in [9.17, 15) is 9.59 Å². The highest BCUT2D eigenvalue weighted by Crippen LogP contribution is 2.45. The van der Waals surface area contributed by atoms with Crippen molar-refractivity contribution in [2.45, 2.75) is 132 Å². The van der Waals surface area contributed by atoms with Crippen molar-refractivity contribution < 1.29 is 9.59 Å². The van der Waals surface area contributed by atoms with Crippen LogP contribution in [0, 0.1) is 55.6 Å². The molecule has 9 heterocycles. The highest BCUT2D eigenvalue weighted by atomic mass is 79.9. The lowest BCUT2D eigenvalue weighted by Gasteiger charge is -2.19. The maximum atomic E-state index is 14.0. The number of nitrogens with one attached hydrogen (secondary N) is 2. The minimum Gasteiger partial charge on any atom is -0.354 e. The normalized spacial score (nSPS) is 16.0. The van der Waals surface area contributed by atoms with Gasteiger partial charge in [-0.15, -0.1) is 0 Å². The highest BCUT2D eigenvalue weighted by Gasteiger charge is 2.32. The number of carbonyl (C=O) groups is 2. The van der Waals surface area contributed by atoms with Gasteiger partial charge in [-0.25, -0.2) is 9.97 Å². The molecule has 0 atom stereocenters. The van der Waals surface area contributed by atoms with Gasteiger partial charge in [0, 0.05) is 33.3 Å². The number of H-pyrrole nitrogens is 2. The summed E-state index contributed by atoms with van der Waals surface area (Å²) in [6.45, 7) is 18.2. The largest absolute Gasteiger partial charge is 0.354 e. The third kappa shape index (κ3) is 7.66. The molecule has 6 nitrogen and oxygen atoms in total. The third-order valence-electron chi connectivity index (χ3n) is 18.2. The summed E-state index contributed by atoms with van der Waals surface area (Å²) in [5.74, 6) is -0.144. The first kappa shape index (κ1) is 50.7. The molecule has 0 amide bonds. The molecule has 2 N–H and O–H groups in total. The molecule has 390 valence electrons. The van der Waals surface area contributed by atoms with E-state index in [1.807, 2.05) is 0 Å². The zero-order valence-electron chi connectivity index (χ0n) is 46.0. The monoisotopic (exact) mass is 1150 g/mol. The van der Waals surface area contributed by atoms with Crippen molar-refractivity contribution >= 4 is 87.8 Å². The smallest absolute Gasteiger partial charge is 0.197 e. The Kier molecular flexibility index (Phi) is 12.7. The minimum atomic E-state index is -0.0718. The number of nitrogens with zero attached hydrogens (tertiary/aromatic N) is 2. The topological polar surface area (TPSA) is 91.5 Å². The molecule has 0 saturated heterocycles. The van der Waals surface area contributed by atoms with E-state index in [1.54, 1.807) is 0 Å². The summed E-state index contributed by atoms with van der Waals surface area (Å²) in [7, 11) is 0. The van der Waals surface area contributed by atoms with Crippen molar-refractivity contribution in [3.8, 4) is 22.3 Å². The number of hydrogen-bond donors (Lipinski definition) is 2. The molecule has 7 aromatic rings. The quantitative estimate of drug-likeness (QED) is 0.172. The summed E-state index contributed by atoms with van der Waals surface area (Å²) in [4.78, 5) is 47.8.